The summed E-state index contributed by atoms with van der Waals surface area (Å²) >= 11 is 0. The van der Waals surface area contributed by atoms with Gasteiger partial charge in [-0.3, -0.25) is 9.59 Å². The molecule has 1 heterocycles. The topological polar surface area (TPSA) is 102 Å². The first-order valence-corrected chi connectivity index (χ1v) is 7.72. The Labute approximate surface area is 140 Å². The molecule has 1 aromatic carbocycles. The summed E-state index contributed by atoms with van der Waals surface area (Å²) in [5.41, 5.74) is 1.72. The van der Waals surface area contributed by atoms with Gasteiger partial charge < -0.3 is 10.6 Å². The molecular formula is C16H22N6O2. The van der Waals surface area contributed by atoms with Gasteiger partial charge in [0.1, 0.15) is 6.33 Å². The van der Waals surface area contributed by atoms with Crippen molar-refractivity contribution in [1.82, 2.24) is 30.8 Å². The molecule has 2 rings (SSSR count). The molecule has 0 atom stereocenters. The predicted molar refractivity (Wildman–Crippen MR) is 88.3 cm³/mol. The van der Waals surface area contributed by atoms with E-state index < -0.39 is 0 Å². The number of benzene rings is 1. The molecule has 0 unspecified atom stereocenters. The van der Waals surface area contributed by atoms with Crippen LogP contribution in [0.2, 0.25) is 0 Å². The van der Waals surface area contributed by atoms with Crippen LogP contribution >= 0.6 is 0 Å². The van der Waals surface area contributed by atoms with Gasteiger partial charge in [-0.05, 0) is 33.5 Å². The number of hydrogen-bond donors (Lipinski definition) is 2. The number of carbonyl (C=O) groups is 2. The summed E-state index contributed by atoms with van der Waals surface area (Å²) in [6.07, 6.45) is 1.47. The highest BCUT2D eigenvalue weighted by atomic mass is 16.2. The zero-order valence-corrected chi connectivity index (χ0v) is 14.1. The molecule has 24 heavy (non-hydrogen) atoms. The smallest absolute Gasteiger partial charge is 0.251 e. The maximum absolute atomic E-state index is 12.0. The Morgan fingerprint density at radius 1 is 1.12 bits per heavy atom. The first-order valence-electron chi connectivity index (χ1n) is 7.72. The van der Waals surface area contributed by atoms with Crippen LogP contribution in [0, 0.1) is 0 Å². The third-order valence-electron chi connectivity index (χ3n) is 3.48. The molecule has 0 saturated carbocycles. The Morgan fingerprint density at radius 2 is 1.83 bits per heavy atom. The fraction of sp³-hybridized carbons (Fsp3) is 0.438. The number of aromatic nitrogens is 4. The number of rotatable bonds is 6. The van der Waals surface area contributed by atoms with Gasteiger partial charge in [0.05, 0.1) is 13.1 Å². The van der Waals surface area contributed by atoms with Crippen molar-refractivity contribution in [3.63, 3.8) is 0 Å². The Hall–Kier alpha value is -2.77. The summed E-state index contributed by atoms with van der Waals surface area (Å²) in [7, 11) is 0. The first-order chi connectivity index (χ1) is 11.4. The van der Waals surface area contributed by atoms with E-state index in [-0.39, 0.29) is 23.8 Å². The van der Waals surface area contributed by atoms with Crippen LogP contribution in [0.1, 0.15) is 36.7 Å². The third kappa shape index (κ3) is 5.15. The standard InChI is InChI=1S/C16H22N6O2/c1-16(2,3)13-6-4-12(5-7-13)15(24)18-10-14(23)17-8-9-22-11-19-20-21-22/h4-7,11H,8-10H2,1-3H3,(H,17,23)(H,18,24). The monoisotopic (exact) mass is 330 g/mol. The second-order valence-corrected chi connectivity index (χ2v) is 6.43. The lowest BCUT2D eigenvalue weighted by atomic mass is 9.87. The van der Waals surface area contributed by atoms with Crippen LogP contribution in [0.25, 0.3) is 0 Å². The predicted octanol–water partition coefficient (Wildman–Crippen LogP) is 0.517. The zero-order valence-electron chi connectivity index (χ0n) is 14.1. The Morgan fingerprint density at radius 3 is 2.42 bits per heavy atom. The van der Waals surface area contributed by atoms with E-state index in [1.54, 1.807) is 12.1 Å². The lowest BCUT2D eigenvalue weighted by Crippen LogP contribution is -2.38. The van der Waals surface area contributed by atoms with E-state index in [2.05, 4.69) is 46.9 Å². The number of amides is 2. The molecule has 0 fully saturated rings. The molecule has 0 saturated heterocycles. The molecule has 2 amide bonds. The van der Waals surface area contributed by atoms with Crippen molar-refractivity contribution in [2.45, 2.75) is 32.7 Å². The van der Waals surface area contributed by atoms with Crippen molar-refractivity contribution in [3.05, 3.63) is 41.7 Å². The third-order valence-corrected chi connectivity index (χ3v) is 3.48. The number of nitrogens with one attached hydrogen (secondary N) is 2. The Bertz CT molecular complexity index is 674. The van der Waals surface area contributed by atoms with E-state index >= 15 is 0 Å². The minimum absolute atomic E-state index is 0.0362. The molecule has 2 aromatic rings. The number of tetrazole rings is 1. The van der Waals surface area contributed by atoms with E-state index in [1.165, 1.54) is 11.0 Å². The van der Waals surface area contributed by atoms with Crippen molar-refractivity contribution in [3.8, 4) is 0 Å². The number of nitrogens with zero attached hydrogens (tertiary/aromatic N) is 4. The minimum atomic E-state index is -0.272. The fourth-order valence-corrected chi connectivity index (χ4v) is 2.04. The summed E-state index contributed by atoms with van der Waals surface area (Å²) in [5, 5.41) is 16.0. The van der Waals surface area contributed by atoms with E-state index in [4.69, 9.17) is 0 Å². The molecule has 0 aliphatic rings. The van der Waals surface area contributed by atoms with Crippen LogP contribution in [-0.4, -0.2) is 45.1 Å². The summed E-state index contributed by atoms with van der Waals surface area (Å²) in [5.74, 6) is -0.533. The molecule has 0 bridgehead atoms. The van der Waals surface area contributed by atoms with E-state index in [0.29, 0.717) is 18.7 Å². The van der Waals surface area contributed by atoms with Gasteiger partial charge in [-0.2, -0.15) is 0 Å². The lowest BCUT2D eigenvalue weighted by molar-refractivity contribution is -0.120. The second kappa shape index (κ2) is 7.67. The molecular weight excluding hydrogens is 308 g/mol. The van der Waals surface area contributed by atoms with Crippen molar-refractivity contribution < 1.29 is 9.59 Å². The summed E-state index contributed by atoms with van der Waals surface area (Å²) < 4.78 is 1.51. The number of hydrogen-bond acceptors (Lipinski definition) is 5. The highest BCUT2D eigenvalue weighted by molar-refractivity contribution is 5.96. The van der Waals surface area contributed by atoms with Gasteiger partial charge in [0, 0.05) is 12.1 Å². The Kier molecular flexibility index (Phi) is 5.62. The molecule has 0 radical (unpaired) electrons. The van der Waals surface area contributed by atoms with Crippen LogP contribution in [0.15, 0.2) is 30.6 Å². The molecule has 8 heteroatoms. The quantitative estimate of drug-likeness (QED) is 0.804. The van der Waals surface area contributed by atoms with Gasteiger partial charge in [-0.25, -0.2) is 4.68 Å². The SMILES string of the molecule is CC(C)(C)c1ccc(C(=O)NCC(=O)NCCn2cnnn2)cc1. The lowest BCUT2D eigenvalue weighted by Gasteiger charge is -2.19. The molecule has 1 aromatic heterocycles. The van der Waals surface area contributed by atoms with E-state index in [9.17, 15) is 9.59 Å². The van der Waals surface area contributed by atoms with Crippen molar-refractivity contribution in [2.24, 2.45) is 0 Å². The second-order valence-electron chi connectivity index (χ2n) is 6.43. The van der Waals surface area contributed by atoms with Gasteiger partial charge >= 0.3 is 0 Å². The maximum Gasteiger partial charge on any atom is 0.251 e. The fourth-order valence-electron chi connectivity index (χ4n) is 2.04. The van der Waals surface area contributed by atoms with Crippen molar-refractivity contribution in [1.29, 1.82) is 0 Å². The average molecular weight is 330 g/mol. The Balaban J connectivity index is 1.74. The van der Waals surface area contributed by atoms with Gasteiger partial charge in [0.2, 0.25) is 5.91 Å². The summed E-state index contributed by atoms with van der Waals surface area (Å²) in [6, 6.07) is 7.40. The van der Waals surface area contributed by atoms with Crippen LogP contribution in [0.4, 0.5) is 0 Å². The molecule has 2 N–H and O–H groups in total. The van der Waals surface area contributed by atoms with Gasteiger partial charge in [-0.1, -0.05) is 32.9 Å². The largest absolute Gasteiger partial charge is 0.353 e. The molecule has 0 aliphatic heterocycles. The van der Waals surface area contributed by atoms with Crippen molar-refractivity contribution in [2.75, 3.05) is 13.1 Å². The van der Waals surface area contributed by atoms with Crippen LogP contribution in [-0.2, 0) is 16.8 Å². The van der Waals surface area contributed by atoms with Crippen LogP contribution in [0.3, 0.4) is 0 Å². The van der Waals surface area contributed by atoms with E-state index in [1.807, 2.05) is 12.1 Å². The summed E-state index contributed by atoms with van der Waals surface area (Å²) in [4.78, 5) is 23.8. The summed E-state index contributed by atoms with van der Waals surface area (Å²) in [6.45, 7) is 7.13. The average Bonchev–Trinajstić information content (AvgIpc) is 3.05. The normalized spacial score (nSPS) is 11.1. The molecule has 0 aliphatic carbocycles. The zero-order chi connectivity index (χ0) is 17.6. The van der Waals surface area contributed by atoms with Gasteiger partial charge in [-0.15, -0.1) is 5.10 Å². The van der Waals surface area contributed by atoms with Crippen LogP contribution < -0.4 is 10.6 Å². The molecule has 0 spiro atoms. The minimum Gasteiger partial charge on any atom is -0.353 e. The molecule has 128 valence electrons. The maximum atomic E-state index is 12.0. The highest BCUT2D eigenvalue weighted by Gasteiger charge is 2.14. The first kappa shape index (κ1) is 17.6. The number of carbonyl (C=O) groups excluding carboxylic acids is 2. The van der Waals surface area contributed by atoms with Gasteiger partial charge in [0.25, 0.3) is 5.91 Å². The van der Waals surface area contributed by atoms with Gasteiger partial charge in [0.15, 0.2) is 0 Å². The van der Waals surface area contributed by atoms with Crippen molar-refractivity contribution >= 4 is 11.8 Å². The highest BCUT2D eigenvalue weighted by Crippen LogP contribution is 2.22. The van der Waals surface area contributed by atoms with Crippen LogP contribution in [0.5, 0.6) is 0 Å². The van der Waals surface area contributed by atoms with E-state index in [0.717, 1.165) is 5.56 Å². The molecule has 8 nitrogen and oxygen atoms in total.